The van der Waals surface area contributed by atoms with Crippen LogP contribution in [0.1, 0.15) is 16.2 Å². The lowest BCUT2D eigenvalue weighted by Gasteiger charge is -2.07. The van der Waals surface area contributed by atoms with Gasteiger partial charge in [0.1, 0.15) is 0 Å². The Kier molecular flexibility index (Phi) is 5.61. The number of methoxy groups -OCH3 is 1. The quantitative estimate of drug-likeness (QED) is 0.491. The predicted molar refractivity (Wildman–Crippen MR) is 115 cm³/mol. The molecule has 0 aliphatic rings. The van der Waals surface area contributed by atoms with Gasteiger partial charge in [-0.15, -0.1) is 5.10 Å². The zero-order chi connectivity index (χ0) is 20.8. The van der Waals surface area contributed by atoms with Crippen LogP contribution in [0.25, 0.3) is 22.9 Å². The first-order valence-corrected chi connectivity index (χ1v) is 9.31. The molecule has 7 heteroatoms. The van der Waals surface area contributed by atoms with Crippen LogP contribution < -0.4 is 5.32 Å². The fourth-order valence-electron chi connectivity index (χ4n) is 3.01. The number of nitrogens with zero attached hydrogens (tertiary/aromatic N) is 4. The van der Waals surface area contributed by atoms with E-state index in [1.54, 1.807) is 35.2 Å². The summed E-state index contributed by atoms with van der Waals surface area (Å²) >= 11 is 0. The molecule has 0 fully saturated rings. The molecule has 1 aromatic heterocycles. The van der Waals surface area contributed by atoms with Crippen molar-refractivity contribution >= 4 is 17.7 Å². The summed E-state index contributed by atoms with van der Waals surface area (Å²) in [5.74, 6) is 0.139. The summed E-state index contributed by atoms with van der Waals surface area (Å²) in [5, 5.41) is 15.0. The summed E-state index contributed by atoms with van der Waals surface area (Å²) in [7, 11) is 1.35. The number of rotatable bonds is 6. The molecule has 4 rings (SSSR count). The van der Waals surface area contributed by atoms with Crippen LogP contribution in [0.4, 0.5) is 5.69 Å². The fourth-order valence-corrected chi connectivity index (χ4v) is 3.01. The van der Waals surface area contributed by atoms with Gasteiger partial charge in [-0.05, 0) is 45.8 Å². The third-order valence-electron chi connectivity index (χ3n) is 4.52. The van der Waals surface area contributed by atoms with E-state index in [0.29, 0.717) is 17.1 Å². The van der Waals surface area contributed by atoms with E-state index in [4.69, 9.17) is 4.74 Å². The van der Waals surface area contributed by atoms with E-state index in [1.807, 2.05) is 48.5 Å². The van der Waals surface area contributed by atoms with Gasteiger partial charge in [0.2, 0.25) is 0 Å². The number of anilines is 1. The zero-order valence-corrected chi connectivity index (χ0v) is 16.3. The van der Waals surface area contributed by atoms with E-state index < -0.39 is 5.97 Å². The van der Waals surface area contributed by atoms with E-state index in [2.05, 4.69) is 33.0 Å². The second-order valence-corrected chi connectivity index (χ2v) is 6.38. The number of para-hydroxylation sites is 1. The van der Waals surface area contributed by atoms with Crippen molar-refractivity contribution in [2.45, 2.75) is 0 Å². The Balaban J connectivity index is 1.52. The Labute approximate surface area is 173 Å². The molecule has 3 aromatic carbocycles. The Morgan fingerprint density at radius 2 is 1.63 bits per heavy atom. The standard InChI is InChI=1S/C23H19N5O2/c1-30-23(29)20-9-5-6-10-21(20)24-16-15-22-25-26-27-28(22)19-13-11-18(12-14-19)17-7-3-2-4-8-17/h2-16,24H,1H3. The first kappa shape index (κ1) is 19.1. The summed E-state index contributed by atoms with van der Waals surface area (Å²) in [4.78, 5) is 11.9. The predicted octanol–water partition coefficient (Wildman–Crippen LogP) is 4.20. The molecule has 0 radical (unpaired) electrons. The van der Waals surface area contributed by atoms with Gasteiger partial charge in [-0.2, -0.15) is 4.68 Å². The molecule has 0 bridgehead atoms. The number of benzene rings is 3. The minimum absolute atomic E-state index is 0.408. The monoisotopic (exact) mass is 397 g/mol. The number of hydrogen-bond acceptors (Lipinski definition) is 6. The second kappa shape index (κ2) is 8.83. The van der Waals surface area contributed by atoms with E-state index in [-0.39, 0.29) is 0 Å². The van der Waals surface area contributed by atoms with Crippen molar-refractivity contribution < 1.29 is 9.53 Å². The Morgan fingerprint density at radius 3 is 2.40 bits per heavy atom. The molecule has 4 aromatic rings. The Bertz CT molecular complexity index is 1170. The number of nitrogens with one attached hydrogen (secondary N) is 1. The highest BCUT2D eigenvalue weighted by atomic mass is 16.5. The number of carbonyl (C=O) groups is 1. The number of aromatic nitrogens is 4. The van der Waals surface area contributed by atoms with E-state index >= 15 is 0 Å². The van der Waals surface area contributed by atoms with Crippen molar-refractivity contribution in [3.05, 3.63) is 96.5 Å². The van der Waals surface area contributed by atoms with Crippen molar-refractivity contribution in [2.24, 2.45) is 0 Å². The zero-order valence-electron chi connectivity index (χ0n) is 16.3. The minimum Gasteiger partial charge on any atom is -0.465 e. The molecule has 0 atom stereocenters. The highest BCUT2D eigenvalue weighted by molar-refractivity contribution is 5.95. The molecule has 0 aliphatic heterocycles. The van der Waals surface area contributed by atoms with Gasteiger partial charge in [0.05, 0.1) is 24.0 Å². The SMILES string of the molecule is COC(=O)c1ccccc1NC=Cc1nnnn1-c1ccc(-c2ccccc2)cc1. The molecule has 0 saturated carbocycles. The summed E-state index contributed by atoms with van der Waals surface area (Å²) in [6, 6.07) is 25.3. The van der Waals surface area contributed by atoms with Crippen LogP contribution in [0, 0.1) is 0 Å². The largest absolute Gasteiger partial charge is 0.465 e. The molecule has 0 unspecified atom stereocenters. The molecule has 1 heterocycles. The normalized spacial score (nSPS) is 10.8. The summed E-state index contributed by atoms with van der Waals surface area (Å²) in [6.07, 6.45) is 3.42. The molecule has 0 saturated heterocycles. The Morgan fingerprint density at radius 1 is 0.933 bits per heavy atom. The first-order chi connectivity index (χ1) is 14.8. The molecular weight excluding hydrogens is 378 g/mol. The smallest absolute Gasteiger partial charge is 0.339 e. The van der Waals surface area contributed by atoms with Gasteiger partial charge in [0.15, 0.2) is 5.82 Å². The first-order valence-electron chi connectivity index (χ1n) is 9.31. The van der Waals surface area contributed by atoms with Gasteiger partial charge in [0.25, 0.3) is 0 Å². The fraction of sp³-hybridized carbons (Fsp3) is 0.0435. The van der Waals surface area contributed by atoms with Crippen molar-refractivity contribution in [1.82, 2.24) is 20.2 Å². The highest BCUT2D eigenvalue weighted by Crippen LogP contribution is 2.21. The van der Waals surface area contributed by atoms with Gasteiger partial charge < -0.3 is 10.1 Å². The van der Waals surface area contributed by atoms with Crippen LogP contribution in [0.3, 0.4) is 0 Å². The average Bonchev–Trinajstić information content (AvgIpc) is 3.28. The Hall–Kier alpha value is -4.26. The molecule has 0 amide bonds. The van der Waals surface area contributed by atoms with Gasteiger partial charge in [-0.25, -0.2) is 4.79 Å². The average molecular weight is 397 g/mol. The summed E-state index contributed by atoms with van der Waals surface area (Å²) in [6.45, 7) is 0. The maximum Gasteiger partial charge on any atom is 0.339 e. The lowest BCUT2D eigenvalue weighted by atomic mass is 10.1. The molecule has 7 nitrogen and oxygen atoms in total. The molecular formula is C23H19N5O2. The third kappa shape index (κ3) is 4.10. The van der Waals surface area contributed by atoms with Crippen molar-refractivity contribution in [2.75, 3.05) is 12.4 Å². The van der Waals surface area contributed by atoms with E-state index in [9.17, 15) is 4.79 Å². The van der Waals surface area contributed by atoms with Crippen molar-refractivity contribution in [3.8, 4) is 16.8 Å². The van der Waals surface area contributed by atoms with Crippen molar-refractivity contribution in [3.63, 3.8) is 0 Å². The lowest BCUT2D eigenvalue weighted by Crippen LogP contribution is -2.05. The highest BCUT2D eigenvalue weighted by Gasteiger charge is 2.10. The molecule has 1 N–H and O–H groups in total. The van der Waals surface area contributed by atoms with Gasteiger partial charge >= 0.3 is 5.97 Å². The lowest BCUT2D eigenvalue weighted by molar-refractivity contribution is 0.0602. The number of esters is 1. The third-order valence-corrected chi connectivity index (χ3v) is 4.52. The van der Waals surface area contributed by atoms with E-state index in [0.717, 1.165) is 16.8 Å². The van der Waals surface area contributed by atoms with Crippen LogP contribution in [0.2, 0.25) is 0 Å². The number of tetrazole rings is 1. The number of hydrogen-bond donors (Lipinski definition) is 1. The molecule has 0 spiro atoms. The maximum atomic E-state index is 11.9. The topological polar surface area (TPSA) is 81.9 Å². The molecule has 148 valence electrons. The van der Waals surface area contributed by atoms with Crippen LogP contribution in [-0.4, -0.2) is 33.3 Å². The van der Waals surface area contributed by atoms with Gasteiger partial charge in [-0.1, -0.05) is 54.6 Å². The minimum atomic E-state index is -0.408. The van der Waals surface area contributed by atoms with Gasteiger partial charge in [-0.3, -0.25) is 0 Å². The maximum absolute atomic E-state index is 11.9. The molecule has 30 heavy (non-hydrogen) atoms. The number of ether oxygens (including phenoxy) is 1. The van der Waals surface area contributed by atoms with Gasteiger partial charge in [0, 0.05) is 12.3 Å². The number of carbonyl (C=O) groups excluding carboxylic acids is 1. The van der Waals surface area contributed by atoms with Crippen molar-refractivity contribution in [1.29, 1.82) is 0 Å². The summed E-state index contributed by atoms with van der Waals surface area (Å²) in [5.41, 5.74) is 4.18. The van der Waals surface area contributed by atoms with Crippen LogP contribution in [0.5, 0.6) is 0 Å². The van der Waals surface area contributed by atoms with E-state index in [1.165, 1.54) is 7.11 Å². The summed E-state index contributed by atoms with van der Waals surface area (Å²) < 4.78 is 6.45. The second-order valence-electron chi connectivity index (χ2n) is 6.38. The van der Waals surface area contributed by atoms with Crippen LogP contribution in [-0.2, 0) is 4.74 Å². The van der Waals surface area contributed by atoms with Crippen LogP contribution in [0.15, 0.2) is 85.1 Å². The molecule has 0 aliphatic carbocycles. The van der Waals surface area contributed by atoms with Crippen LogP contribution >= 0.6 is 0 Å².